The van der Waals surface area contributed by atoms with Crippen molar-refractivity contribution in [1.29, 1.82) is 0 Å². The Balaban J connectivity index is 2.27. The lowest BCUT2D eigenvalue weighted by Gasteiger charge is -2.39. The number of nitrogens with one attached hydrogen (secondary N) is 1. The summed E-state index contributed by atoms with van der Waals surface area (Å²) in [5.74, 6) is 0. The maximum absolute atomic E-state index is 3.52. The molecule has 0 spiro atoms. The predicted molar refractivity (Wildman–Crippen MR) is 70.2 cm³/mol. The Kier molecular flexibility index (Phi) is 3.20. The van der Waals surface area contributed by atoms with E-state index in [1.807, 2.05) is 0 Å². The predicted octanol–water partition coefficient (Wildman–Crippen LogP) is 2.49. The summed E-state index contributed by atoms with van der Waals surface area (Å²) in [6.07, 6.45) is 0. The van der Waals surface area contributed by atoms with E-state index in [9.17, 15) is 0 Å². The van der Waals surface area contributed by atoms with Gasteiger partial charge in [0.1, 0.15) is 0 Å². The van der Waals surface area contributed by atoms with Crippen molar-refractivity contribution in [2.75, 3.05) is 18.0 Å². The smallest absolute Gasteiger partial charge is 0.0387 e. The van der Waals surface area contributed by atoms with Crippen molar-refractivity contribution in [3.63, 3.8) is 0 Å². The van der Waals surface area contributed by atoms with E-state index in [-0.39, 0.29) is 0 Å². The highest BCUT2D eigenvalue weighted by molar-refractivity contribution is 5.52. The molecule has 0 amide bonds. The van der Waals surface area contributed by atoms with Crippen molar-refractivity contribution in [2.24, 2.45) is 0 Å². The van der Waals surface area contributed by atoms with Gasteiger partial charge in [0.2, 0.25) is 0 Å². The van der Waals surface area contributed by atoms with Crippen LogP contribution in [0.5, 0.6) is 0 Å². The summed E-state index contributed by atoms with van der Waals surface area (Å²) in [4.78, 5) is 2.52. The van der Waals surface area contributed by atoms with Crippen LogP contribution in [0, 0.1) is 13.8 Å². The van der Waals surface area contributed by atoms with Gasteiger partial charge in [0.05, 0.1) is 0 Å². The molecule has 2 heteroatoms. The molecule has 1 aliphatic heterocycles. The van der Waals surface area contributed by atoms with E-state index in [0.717, 1.165) is 13.1 Å². The Labute approximate surface area is 98.7 Å². The quantitative estimate of drug-likeness (QED) is 0.779. The minimum absolute atomic E-state index is 0.581. The van der Waals surface area contributed by atoms with Crippen LogP contribution in [0.3, 0.4) is 0 Å². The van der Waals surface area contributed by atoms with Gasteiger partial charge in [0.15, 0.2) is 0 Å². The normalized spacial score (nSPS) is 25.9. The first-order chi connectivity index (χ1) is 7.56. The van der Waals surface area contributed by atoms with E-state index in [2.05, 4.69) is 56.1 Å². The monoisotopic (exact) mass is 218 g/mol. The number of benzene rings is 1. The van der Waals surface area contributed by atoms with Gasteiger partial charge in [-0.2, -0.15) is 0 Å². The Bertz CT molecular complexity index is 353. The van der Waals surface area contributed by atoms with Gasteiger partial charge in [-0.1, -0.05) is 6.07 Å². The van der Waals surface area contributed by atoms with Crippen LogP contribution >= 0.6 is 0 Å². The molecule has 0 saturated carbocycles. The SMILES string of the molecule is Cc1cc(C)cc(N2CC(C)NCC2C)c1. The standard InChI is InChI=1S/C14H22N2/c1-10-5-11(2)7-14(6-10)16-9-12(3)15-8-13(16)4/h5-7,12-13,15H,8-9H2,1-4H3. The van der Waals surface area contributed by atoms with E-state index in [1.54, 1.807) is 0 Å². The molecular weight excluding hydrogens is 196 g/mol. The molecule has 16 heavy (non-hydrogen) atoms. The van der Waals surface area contributed by atoms with Gasteiger partial charge in [-0.3, -0.25) is 0 Å². The summed E-state index contributed by atoms with van der Waals surface area (Å²) in [7, 11) is 0. The molecule has 2 nitrogen and oxygen atoms in total. The lowest BCUT2D eigenvalue weighted by Crippen LogP contribution is -2.54. The second kappa shape index (κ2) is 4.46. The zero-order valence-corrected chi connectivity index (χ0v) is 10.7. The van der Waals surface area contributed by atoms with Crippen molar-refractivity contribution in [3.8, 4) is 0 Å². The van der Waals surface area contributed by atoms with Gasteiger partial charge in [0.25, 0.3) is 0 Å². The second-order valence-corrected chi connectivity index (χ2v) is 5.16. The third kappa shape index (κ3) is 2.38. The maximum Gasteiger partial charge on any atom is 0.0387 e. The molecule has 2 rings (SSSR count). The number of nitrogens with zero attached hydrogens (tertiary/aromatic N) is 1. The third-order valence-corrected chi connectivity index (χ3v) is 3.30. The molecule has 1 N–H and O–H groups in total. The molecule has 1 aromatic carbocycles. The molecule has 88 valence electrons. The molecular formula is C14H22N2. The van der Waals surface area contributed by atoms with Crippen molar-refractivity contribution >= 4 is 5.69 Å². The lowest BCUT2D eigenvalue weighted by molar-refractivity contribution is 0.425. The number of rotatable bonds is 1. The van der Waals surface area contributed by atoms with Gasteiger partial charge in [-0.25, -0.2) is 0 Å². The van der Waals surface area contributed by atoms with Crippen LogP contribution in [-0.4, -0.2) is 25.2 Å². The van der Waals surface area contributed by atoms with Crippen LogP contribution in [0.25, 0.3) is 0 Å². The number of anilines is 1. The lowest BCUT2D eigenvalue weighted by atomic mass is 10.1. The highest BCUT2D eigenvalue weighted by Crippen LogP contribution is 2.22. The van der Waals surface area contributed by atoms with E-state index >= 15 is 0 Å². The molecule has 1 saturated heterocycles. The average molecular weight is 218 g/mol. The minimum atomic E-state index is 0.581. The molecule has 1 heterocycles. The molecule has 1 aromatic rings. The highest BCUT2D eigenvalue weighted by Gasteiger charge is 2.22. The fourth-order valence-corrected chi connectivity index (χ4v) is 2.50. The molecule has 0 radical (unpaired) electrons. The van der Waals surface area contributed by atoms with Gasteiger partial charge >= 0.3 is 0 Å². The summed E-state index contributed by atoms with van der Waals surface area (Å²) in [5, 5.41) is 3.52. The minimum Gasteiger partial charge on any atom is -0.366 e. The fourth-order valence-electron chi connectivity index (χ4n) is 2.50. The van der Waals surface area contributed by atoms with Crippen molar-refractivity contribution < 1.29 is 0 Å². The van der Waals surface area contributed by atoms with Crippen LogP contribution in [0.2, 0.25) is 0 Å². The molecule has 1 fully saturated rings. The zero-order valence-electron chi connectivity index (χ0n) is 10.7. The first kappa shape index (κ1) is 11.5. The molecule has 2 unspecified atom stereocenters. The Morgan fingerprint density at radius 3 is 2.38 bits per heavy atom. The van der Waals surface area contributed by atoms with Crippen LogP contribution in [0.15, 0.2) is 18.2 Å². The van der Waals surface area contributed by atoms with Crippen LogP contribution in [0.1, 0.15) is 25.0 Å². The maximum atomic E-state index is 3.52. The van der Waals surface area contributed by atoms with E-state index in [0.29, 0.717) is 12.1 Å². The number of hydrogen-bond donors (Lipinski definition) is 1. The van der Waals surface area contributed by atoms with Crippen LogP contribution in [0.4, 0.5) is 5.69 Å². The summed E-state index contributed by atoms with van der Waals surface area (Å²) >= 11 is 0. The number of aryl methyl sites for hydroxylation is 2. The Morgan fingerprint density at radius 1 is 1.12 bits per heavy atom. The summed E-state index contributed by atoms with van der Waals surface area (Å²) in [6, 6.07) is 7.98. The topological polar surface area (TPSA) is 15.3 Å². The molecule has 1 aliphatic rings. The van der Waals surface area contributed by atoms with Gasteiger partial charge in [-0.15, -0.1) is 0 Å². The zero-order chi connectivity index (χ0) is 11.7. The molecule has 0 aliphatic carbocycles. The first-order valence-corrected chi connectivity index (χ1v) is 6.14. The average Bonchev–Trinajstić information content (AvgIpc) is 2.20. The van der Waals surface area contributed by atoms with E-state index in [1.165, 1.54) is 16.8 Å². The summed E-state index contributed by atoms with van der Waals surface area (Å²) < 4.78 is 0. The number of piperazine rings is 1. The Hall–Kier alpha value is -1.02. The molecule has 0 bridgehead atoms. The van der Waals surface area contributed by atoms with Gasteiger partial charge in [-0.05, 0) is 51.0 Å². The van der Waals surface area contributed by atoms with Crippen LogP contribution < -0.4 is 10.2 Å². The summed E-state index contributed by atoms with van der Waals surface area (Å²) in [6.45, 7) is 11.1. The largest absolute Gasteiger partial charge is 0.366 e. The van der Waals surface area contributed by atoms with E-state index < -0.39 is 0 Å². The summed E-state index contributed by atoms with van der Waals surface area (Å²) in [5.41, 5.74) is 4.08. The number of hydrogen-bond acceptors (Lipinski definition) is 2. The van der Waals surface area contributed by atoms with Crippen molar-refractivity contribution in [1.82, 2.24) is 5.32 Å². The van der Waals surface area contributed by atoms with E-state index in [4.69, 9.17) is 0 Å². The second-order valence-electron chi connectivity index (χ2n) is 5.16. The molecule has 0 aromatic heterocycles. The first-order valence-electron chi connectivity index (χ1n) is 6.14. The van der Waals surface area contributed by atoms with Gasteiger partial charge < -0.3 is 10.2 Å². The third-order valence-electron chi connectivity index (χ3n) is 3.30. The molecule has 2 atom stereocenters. The van der Waals surface area contributed by atoms with Crippen LogP contribution in [-0.2, 0) is 0 Å². The fraction of sp³-hybridized carbons (Fsp3) is 0.571. The van der Waals surface area contributed by atoms with Crippen molar-refractivity contribution in [2.45, 2.75) is 39.8 Å². The Morgan fingerprint density at radius 2 is 1.75 bits per heavy atom. The van der Waals surface area contributed by atoms with Gasteiger partial charge in [0, 0.05) is 30.9 Å². The highest BCUT2D eigenvalue weighted by atomic mass is 15.2. The van der Waals surface area contributed by atoms with Crippen molar-refractivity contribution in [3.05, 3.63) is 29.3 Å².